The smallest absolute Gasteiger partial charge is 0.251 e. The van der Waals surface area contributed by atoms with Crippen molar-refractivity contribution in [2.24, 2.45) is 0 Å². The largest absolute Gasteiger partial charge is 0.347 e. The average molecular weight is 309 g/mol. The van der Waals surface area contributed by atoms with Crippen molar-refractivity contribution in [2.75, 3.05) is 0 Å². The molecule has 3 nitrogen and oxygen atoms in total. The standard InChI is InChI=1S/C15H17ClN2OS/c1-15(2,3)12-7-10(8-13(16)18-12)14(19)17-9-11-5-4-6-20-11/h4-8H,9H2,1-3H3,(H,17,19). The van der Waals surface area contributed by atoms with Crippen molar-refractivity contribution in [3.8, 4) is 0 Å². The number of thiophene rings is 1. The maximum absolute atomic E-state index is 12.2. The van der Waals surface area contributed by atoms with Gasteiger partial charge in [-0.25, -0.2) is 4.98 Å². The highest BCUT2D eigenvalue weighted by Crippen LogP contribution is 2.23. The van der Waals surface area contributed by atoms with Crippen molar-refractivity contribution in [3.05, 3.63) is 50.9 Å². The molecule has 0 atom stereocenters. The Morgan fingerprint density at radius 3 is 2.75 bits per heavy atom. The monoisotopic (exact) mass is 308 g/mol. The first-order valence-corrected chi connectivity index (χ1v) is 7.60. The fourth-order valence-corrected chi connectivity index (χ4v) is 2.55. The number of rotatable bonds is 3. The van der Waals surface area contributed by atoms with Gasteiger partial charge in [0.05, 0.1) is 6.54 Å². The molecule has 0 saturated heterocycles. The lowest BCUT2D eigenvalue weighted by atomic mass is 9.91. The molecule has 0 radical (unpaired) electrons. The molecule has 2 aromatic rings. The van der Waals surface area contributed by atoms with E-state index in [0.717, 1.165) is 10.6 Å². The van der Waals surface area contributed by atoms with E-state index < -0.39 is 0 Å². The zero-order valence-corrected chi connectivity index (χ0v) is 13.3. The first kappa shape index (κ1) is 15.0. The molecule has 0 fully saturated rings. The van der Waals surface area contributed by atoms with E-state index in [2.05, 4.69) is 10.3 Å². The van der Waals surface area contributed by atoms with Gasteiger partial charge in [-0.05, 0) is 23.6 Å². The number of carbonyl (C=O) groups excluding carboxylic acids is 1. The number of pyridine rings is 1. The molecular weight excluding hydrogens is 292 g/mol. The summed E-state index contributed by atoms with van der Waals surface area (Å²) in [5.74, 6) is -0.131. The van der Waals surface area contributed by atoms with Gasteiger partial charge in [-0.1, -0.05) is 38.4 Å². The number of nitrogens with zero attached hydrogens (tertiary/aromatic N) is 1. The molecule has 5 heteroatoms. The summed E-state index contributed by atoms with van der Waals surface area (Å²) < 4.78 is 0. The van der Waals surface area contributed by atoms with E-state index in [1.807, 2.05) is 38.3 Å². The fraction of sp³-hybridized carbons (Fsp3) is 0.333. The van der Waals surface area contributed by atoms with E-state index in [9.17, 15) is 4.79 Å². The number of halogens is 1. The summed E-state index contributed by atoms with van der Waals surface area (Å²) in [5.41, 5.74) is 1.21. The Morgan fingerprint density at radius 2 is 2.15 bits per heavy atom. The molecule has 0 bridgehead atoms. The van der Waals surface area contributed by atoms with Crippen LogP contribution in [-0.4, -0.2) is 10.9 Å². The van der Waals surface area contributed by atoms with Crippen LogP contribution in [0.1, 0.15) is 41.7 Å². The van der Waals surface area contributed by atoms with Gasteiger partial charge in [-0.15, -0.1) is 11.3 Å². The van der Waals surface area contributed by atoms with Crippen molar-refractivity contribution in [2.45, 2.75) is 32.7 Å². The number of amides is 1. The van der Waals surface area contributed by atoms with Crippen LogP contribution >= 0.6 is 22.9 Å². The van der Waals surface area contributed by atoms with Gasteiger partial charge < -0.3 is 5.32 Å². The number of nitrogens with one attached hydrogen (secondary N) is 1. The Morgan fingerprint density at radius 1 is 1.40 bits per heavy atom. The highest BCUT2D eigenvalue weighted by molar-refractivity contribution is 7.09. The summed E-state index contributed by atoms with van der Waals surface area (Å²) in [6.45, 7) is 6.65. The summed E-state index contributed by atoms with van der Waals surface area (Å²) in [5, 5.41) is 5.23. The van der Waals surface area contributed by atoms with Crippen LogP contribution < -0.4 is 5.32 Å². The van der Waals surface area contributed by atoms with Crippen LogP contribution in [0.3, 0.4) is 0 Å². The third-order valence-electron chi connectivity index (χ3n) is 2.83. The molecule has 2 heterocycles. The van der Waals surface area contributed by atoms with Crippen LogP contribution in [0.5, 0.6) is 0 Å². The minimum atomic E-state index is -0.145. The molecule has 0 saturated carbocycles. The zero-order chi connectivity index (χ0) is 14.8. The Kier molecular flexibility index (Phi) is 4.45. The second-order valence-corrected chi connectivity index (χ2v) is 7.00. The molecule has 0 aliphatic carbocycles. The molecule has 2 rings (SSSR count). The molecule has 0 aliphatic rings. The lowest BCUT2D eigenvalue weighted by molar-refractivity contribution is 0.0951. The van der Waals surface area contributed by atoms with Gasteiger partial charge in [0.25, 0.3) is 5.91 Å². The van der Waals surface area contributed by atoms with Gasteiger partial charge in [-0.2, -0.15) is 0 Å². The number of hydrogen-bond acceptors (Lipinski definition) is 3. The number of carbonyl (C=O) groups is 1. The van der Waals surface area contributed by atoms with Gasteiger partial charge in [0.2, 0.25) is 0 Å². The quantitative estimate of drug-likeness (QED) is 0.870. The van der Waals surface area contributed by atoms with Crippen LogP contribution in [0.15, 0.2) is 29.6 Å². The average Bonchev–Trinajstić information content (AvgIpc) is 2.87. The van der Waals surface area contributed by atoms with E-state index in [1.165, 1.54) is 0 Å². The lowest BCUT2D eigenvalue weighted by Gasteiger charge is -2.18. The predicted molar refractivity (Wildman–Crippen MR) is 83.4 cm³/mol. The number of hydrogen-bond donors (Lipinski definition) is 1. The van der Waals surface area contributed by atoms with Gasteiger partial charge in [0, 0.05) is 21.5 Å². The maximum atomic E-state index is 12.2. The highest BCUT2D eigenvalue weighted by atomic mass is 35.5. The summed E-state index contributed by atoms with van der Waals surface area (Å²) in [4.78, 5) is 17.6. The zero-order valence-electron chi connectivity index (χ0n) is 11.7. The SMILES string of the molecule is CC(C)(C)c1cc(C(=O)NCc2cccs2)cc(Cl)n1. The minimum Gasteiger partial charge on any atom is -0.347 e. The van der Waals surface area contributed by atoms with Gasteiger partial charge >= 0.3 is 0 Å². The van der Waals surface area contributed by atoms with Crippen molar-refractivity contribution < 1.29 is 4.79 Å². The van der Waals surface area contributed by atoms with E-state index in [4.69, 9.17) is 11.6 Å². The molecule has 20 heavy (non-hydrogen) atoms. The second kappa shape index (κ2) is 5.94. The van der Waals surface area contributed by atoms with Crippen LogP contribution in [0.25, 0.3) is 0 Å². The molecule has 1 N–H and O–H groups in total. The van der Waals surface area contributed by atoms with E-state index in [-0.39, 0.29) is 11.3 Å². The maximum Gasteiger partial charge on any atom is 0.251 e. The van der Waals surface area contributed by atoms with E-state index in [0.29, 0.717) is 17.3 Å². The predicted octanol–water partition coefficient (Wildman–Crippen LogP) is 4.02. The van der Waals surface area contributed by atoms with E-state index in [1.54, 1.807) is 23.5 Å². The van der Waals surface area contributed by atoms with Crippen LogP contribution in [-0.2, 0) is 12.0 Å². The van der Waals surface area contributed by atoms with Crippen LogP contribution in [0.2, 0.25) is 5.15 Å². The summed E-state index contributed by atoms with van der Waals surface area (Å²) >= 11 is 7.63. The minimum absolute atomic E-state index is 0.131. The Labute approximate surface area is 128 Å². The third-order valence-corrected chi connectivity index (χ3v) is 3.90. The summed E-state index contributed by atoms with van der Waals surface area (Å²) in [6, 6.07) is 7.36. The second-order valence-electron chi connectivity index (χ2n) is 5.58. The van der Waals surface area contributed by atoms with Crippen LogP contribution in [0.4, 0.5) is 0 Å². The van der Waals surface area contributed by atoms with Crippen molar-refractivity contribution in [3.63, 3.8) is 0 Å². The molecule has 2 aromatic heterocycles. The Bertz CT molecular complexity index is 603. The van der Waals surface area contributed by atoms with Gasteiger partial charge in [0.1, 0.15) is 5.15 Å². The molecule has 0 unspecified atom stereocenters. The molecule has 0 aliphatic heterocycles. The first-order chi connectivity index (χ1) is 9.36. The Hall–Kier alpha value is -1.39. The summed E-state index contributed by atoms with van der Waals surface area (Å²) in [6.07, 6.45) is 0. The summed E-state index contributed by atoms with van der Waals surface area (Å²) in [7, 11) is 0. The third kappa shape index (κ3) is 3.81. The fourth-order valence-electron chi connectivity index (χ4n) is 1.69. The number of aromatic nitrogens is 1. The molecular formula is C15H17ClN2OS. The highest BCUT2D eigenvalue weighted by Gasteiger charge is 2.18. The topological polar surface area (TPSA) is 42.0 Å². The lowest BCUT2D eigenvalue weighted by Crippen LogP contribution is -2.23. The molecule has 0 aromatic carbocycles. The Balaban J connectivity index is 2.15. The molecule has 106 valence electrons. The molecule has 0 spiro atoms. The van der Waals surface area contributed by atoms with Crippen LogP contribution in [0, 0.1) is 0 Å². The molecule has 1 amide bonds. The van der Waals surface area contributed by atoms with Crippen molar-refractivity contribution in [1.82, 2.24) is 10.3 Å². The van der Waals surface area contributed by atoms with Crippen molar-refractivity contribution in [1.29, 1.82) is 0 Å². The van der Waals surface area contributed by atoms with Gasteiger partial charge in [-0.3, -0.25) is 4.79 Å². The first-order valence-electron chi connectivity index (χ1n) is 6.35. The van der Waals surface area contributed by atoms with Crippen molar-refractivity contribution >= 4 is 28.8 Å². The van der Waals surface area contributed by atoms with Gasteiger partial charge in [0.15, 0.2) is 0 Å². The normalized spacial score (nSPS) is 11.4. The van der Waals surface area contributed by atoms with E-state index >= 15 is 0 Å².